The van der Waals surface area contributed by atoms with E-state index in [2.05, 4.69) is 6.92 Å². The number of hydrogen-bond acceptors (Lipinski definition) is 2. The number of thioether (sulfide) groups is 1. The Morgan fingerprint density at radius 1 is 1.19 bits per heavy atom. The Morgan fingerprint density at radius 3 is 2.52 bits per heavy atom. The van der Waals surface area contributed by atoms with Gasteiger partial charge in [-0.2, -0.15) is 13.2 Å². The van der Waals surface area contributed by atoms with Gasteiger partial charge in [0.15, 0.2) is 11.6 Å². The molecular formula is C14H17ClF4OS. The largest absolute Gasteiger partial charge is 0.490 e. The second-order valence-corrected chi connectivity index (χ2v) is 5.95. The van der Waals surface area contributed by atoms with Gasteiger partial charge >= 0.3 is 6.18 Å². The summed E-state index contributed by atoms with van der Waals surface area (Å²) in [6.07, 6.45) is -0.404. The van der Waals surface area contributed by atoms with E-state index >= 15 is 0 Å². The predicted octanol–water partition coefficient (Wildman–Crippen LogP) is 6.09. The van der Waals surface area contributed by atoms with E-state index in [1.54, 1.807) is 0 Å². The van der Waals surface area contributed by atoms with Gasteiger partial charge in [-0.15, -0.1) is 11.8 Å². The van der Waals surface area contributed by atoms with Crippen LogP contribution in [0.2, 0.25) is 5.02 Å². The van der Waals surface area contributed by atoms with E-state index in [1.165, 1.54) is 6.07 Å². The van der Waals surface area contributed by atoms with Gasteiger partial charge < -0.3 is 4.74 Å². The third-order valence-electron chi connectivity index (χ3n) is 2.63. The molecule has 0 N–H and O–H groups in total. The van der Waals surface area contributed by atoms with Crippen LogP contribution in [0.1, 0.15) is 32.6 Å². The van der Waals surface area contributed by atoms with Gasteiger partial charge in [-0.05, 0) is 18.6 Å². The molecule has 0 radical (unpaired) electrons. The van der Waals surface area contributed by atoms with Crippen LogP contribution in [0.3, 0.4) is 0 Å². The Labute approximate surface area is 131 Å². The Balaban J connectivity index is 2.63. The van der Waals surface area contributed by atoms with Crippen LogP contribution in [0.15, 0.2) is 17.0 Å². The van der Waals surface area contributed by atoms with Crippen molar-refractivity contribution in [3.63, 3.8) is 0 Å². The molecule has 0 aromatic heterocycles. The van der Waals surface area contributed by atoms with Crippen molar-refractivity contribution in [3.8, 4) is 5.75 Å². The average molecular weight is 345 g/mol. The molecule has 1 aromatic rings. The molecule has 0 unspecified atom stereocenters. The minimum atomic E-state index is -4.30. The van der Waals surface area contributed by atoms with Crippen LogP contribution in [0.5, 0.6) is 5.75 Å². The lowest BCUT2D eigenvalue weighted by Gasteiger charge is -2.11. The van der Waals surface area contributed by atoms with Crippen molar-refractivity contribution in [1.29, 1.82) is 0 Å². The number of benzene rings is 1. The molecule has 1 aromatic carbocycles. The van der Waals surface area contributed by atoms with Crippen molar-refractivity contribution in [2.45, 2.75) is 43.7 Å². The van der Waals surface area contributed by atoms with E-state index in [0.29, 0.717) is 18.4 Å². The highest BCUT2D eigenvalue weighted by molar-refractivity contribution is 7.99. The first-order valence-corrected chi connectivity index (χ1v) is 8.01. The molecule has 0 bridgehead atoms. The van der Waals surface area contributed by atoms with E-state index in [1.807, 2.05) is 0 Å². The Bertz CT molecular complexity index is 451. The molecule has 21 heavy (non-hydrogen) atoms. The van der Waals surface area contributed by atoms with Gasteiger partial charge in [0.25, 0.3) is 0 Å². The molecule has 0 atom stereocenters. The lowest BCUT2D eigenvalue weighted by atomic mass is 10.2. The first-order chi connectivity index (χ1) is 9.83. The lowest BCUT2D eigenvalue weighted by molar-refractivity contribution is -0.105. The molecule has 0 saturated heterocycles. The smallest absolute Gasteiger partial charge is 0.398 e. The summed E-state index contributed by atoms with van der Waals surface area (Å²) >= 11 is 6.27. The van der Waals surface area contributed by atoms with Crippen LogP contribution < -0.4 is 4.74 Å². The van der Waals surface area contributed by atoms with Crippen LogP contribution in [0.4, 0.5) is 17.6 Å². The lowest BCUT2D eigenvalue weighted by Crippen LogP contribution is -2.10. The molecule has 0 aliphatic rings. The summed E-state index contributed by atoms with van der Waals surface area (Å²) in [5.74, 6) is -1.79. The summed E-state index contributed by atoms with van der Waals surface area (Å²) < 4.78 is 55.5. The molecule has 0 amide bonds. The number of rotatable bonds is 8. The maximum Gasteiger partial charge on any atom is 0.398 e. The van der Waals surface area contributed by atoms with Crippen molar-refractivity contribution in [2.75, 3.05) is 12.4 Å². The molecule has 0 fully saturated rings. The maximum atomic E-state index is 13.6. The number of ether oxygens (including phenoxy) is 1. The van der Waals surface area contributed by atoms with Gasteiger partial charge in [-0.1, -0.05) is 37.8 Å². The highest BCUT2D eigenvalue weighted by atomic mass is 35.5. The van der Waals surface area contributed by atoms with Crippen molar-refractivity contribution in [1.82, 2.24) is 0 Å². The quantitative estimate of drug-likeness (QED) is 0.320. The van der Waals surface area contributed by atoms with E-state index < -0.39 is 17.7 Å². The average Bonchev–Trinajstić information content (AvgIpc) is 2.38. The Kier molecular flexibility index (Phi) is 7.66. The topological polar surface area (TPSA) is 9.23 Å². The number of unbranched alkanes of at least 4 members (excludes halogenated alkanes) is 3. The van der Waals surface area contributed by atoms with Crippen molar-refractivity contribution >= 4 is 23.4 Å². The third kappa shape index (κ3) is 7.27. The fraction of sp³-hybridized carbons (Fsp3) is 0.571. The zero-order valence-electron chi connectivity index (χ0n) is 11.6. The second-order valence-electron chi connectivity index (χ2n) is 4.53. The van der Waals surface area contributed by atoms with Gasteiger partial charge in [0.05, 0.1) is 17.4 Å². The van der Waals surface area contributed by atoms with Crippen molar-refractivity contribution in [2.24, 2.45) is 0 Å². The van der Waals surface area contributed by atoms with Crippen LogP contribution >= 0.6 is 23.4 Å². The SMILES string of the molecule is CCCCCCOc1cc(SCC(F)(F)F)c(Cl)cc1F. The molecule has 1 rings (SSSR count). The van der Waals surface area contributed by atoms with Gasteiger partial charge in [-0.25, -0.2) is 4.39 Å². The second kappa shape index (κ2) is 8.73. The minimum Gasteiger partial charge on any atom is -0.490 e. The van der Waals surface area contributed by atoms with E-state index in [4.69, 9.17) is 16.3 Å². The molecule has 0 saturated carbocycles. The number of halogens is 5. The van der Waals surface area contributed by atoms with Crippen LogP contribution in [0.25, 0.3) is 0 Å². The molecule has 0 heterocycles. The van der Waals surface area contributed by atoms with Gasteiger partial charge in [0, 0.05) is 4.90 Å². The Morgan fingerprint density at radius 2 is 1.90 bits per heavy atom. The molecule has 120 valence electrons. The number of alkyl halides is 3. The highest BCUT2D eigenvalue weighted by Crippen LogP contribution is 2.36. The number of hydrogen-bond donors (Lipinski definition) is 0. The summed E-state index contributed by atoms with van der Waals surface area (Å²) in [4.78, 5) is 0.166. The zero-order chi connectivity index (χ0) is 15.9. The summed E-state index contributed by atoms with van der Waals surface area (Å²) in [7, 11) is 0. The van der Waals surface area contributed by atoms with Gasteiger partial charge in [0.2, 0.25) is 0 Å². The minimum absolute atomic E-state index is 0.0416. The fourth-order valence-corrected chi connectivity index (χ4v) is 2.62. The zero-order valence-corrected chi connectivity index (χ0v) is 13.2. The van der Waals surface area contributed by atoms with Gasteiger partial charge in [-0.3, -0.25) is 0 Å². The van der Waals surface area contributed by atoms with Crippen molar-refractivity contribution < 1.29 is 22.3 Å². The first-order valence-electron chi connectivity index (χ1n) is 6.65. The molecule has 0 spiro atoms. The normalized spacial score (nSPS) is 11.7. The summed E-state index contributed by atoms with van der Waals surface area (Å²) in [5.41, 5.74) is 0. The van der Waals surface area contributed by atoms with Gasteiger partial charge in [0.1, 0.15) is 0 Å². The molecule has 1 nitrogen and oxygen atoms in total. The standard InChI is InChI=1S/C14H17ClF4OS/c1-2-3-4-5-6-20-12-8-13(10(15)7-11(12)16)21-9-14(17,18)19/h7-8H,2-6,9H2,1H3. The summed E-state index contributed by atoms with van der Waals surface area (Å²) in [6.45, 7) is 2.41. The van der Waals surface area contributed by atoms with Crippen LogP contribution in [-0.4, -0.2) is 18.5 Å². The predicted molar refractivity (Wildman–Crippen MR) is 77.8 cm³/mol. The molecular weight excluding hydrogens is 328 g/mol. The first kappa shape index (κ1) is 18.4. The molecule has 0 aliphatic heterocycles. The summed E-state index contributed by atoms with van der Waals surface area (Å²) in [6, 6.07) is 2.22. The maximum absolute atomic E-state index is 13.6. The molecule has 7 heteroatoms. The van der Waals surface area contributed by atoms with E-state index in [-0.39, 0.29) is 15.7 Å². The molecule has 0 aliphatic carbocycles. The van der Waals surface area contributed by atoms with E-state index in [9.17, 15) is 17.6 Å². The fourth-order valence-electron chi connectivity index (χ4n) is 1.60. The highest BCUT2D eigenvalue weighted by Gasteiger charge is 2.28. The van der Waals surface area contributed by atoms with E-state index in [0.717, 1.165) is 31.7 Å². The Hall–Kier alpha value is -0.620. The van der Waals surface area contributed by atoms with Crippen LogP contribution in [0, 0.1) is 5.82 Å². The van der Waals surface area contributed by atoms with Crippen molar-refractivity contribution in [3.05, 3.63) is 23.0 Å². The third-order valence-corrected chi connectivity index (χ3v) is 4.18. The van der Waals surface area contributed by atoms with Crippen LogP contribution in [-0.2, 0) is 0 Å². The summed E-state index contributed by atoms with van der Waals surface area (Å²) in [5, 5.41) is -0.0416. The monoisotopic (exact) mass is 344 g/mol.